The summed E-state index contributed by atoms with van der Waals surface area (Å²) in [6, 6.07) is 12.3. The van der Waals surface area contributed by atoms with Gasteiger partial charge in [0.25, 0.3) is 0 Å². The standard InChI is InChI=1S/C28H35N7O/c1-4-7-10-21-19-35(25-15-16-28(25,5-2)6-3)27(36)34(21)18-20-13-14-24(29-17-20)22-11-8-9-12-23(22)26-30-32-33-31-26/h8-9,11-14,17,19,25H,4-7,10,15-16,18H2,1-3H3,(H,30,31,32,33). The monoisotopic (exact) mass is 485 g/mol. The number of aryl methyl sites for hydroxylation is 1. The van der Waals surface area contributed by atoms with E-state index in [1.807, 2.05) is 45.7 Å². The summed E-state index contributed by atoms with van der Waals surface area (Å²) < 4.78 is 4.01. The van der Waals surface area contributed by atoms with Crippen LogP contribution in [0.5, 0.6) is 0 Å². The summed E-state index contributed by atoms with van der Waals surface area (Å²) in [5.41, 5.74) is 5.16. The first-order valence-corrected chi connectivity index (χ1v) is 13.2. The maximum absolute atomic E-state index is 13.7. The molecule has 3 heterocycles. The summed E-state index contributed by atoms with van der Waals surface area (Å²) in [6.07, 6.45) is 11.7. The van der Waals surface area contributed by atoms with Crippen molar-refractivity contribution in [3.05, 3.63) is 70.5 Å². The number of nitrogens with zero attached hydrogens (tertiary/aromatic N) is 6. The van der Waals surface area contributed by atoms with Gasteiger partial charge in [0.05, 0.1) is 12.2 Å². The van der Waals surface area contributed by atoms with Gasteiger partial charge in [-0.2, -0.15) is 5.21 Å². The topological polar surface area (TPSA) is 94.3 Å². The predicted octanol–water partition coefficient (Wildman–Crippen LogP) is 5.42. The molecule has 5 rings (SSSR count). The van der Waals surface area contributed by atoms with Crippen molar-refractivity contribution in [3.8, 4) is 22.6 Å². The first-order chi connectivity index (χ1) is 17.6. The van der Waals surface area contributed by atoms with Gasteiger partial charge in [-0.05, 0) is 60.8 Å². The van der Waals surface area contributed by atoms with Crippen LogP contribution in [0.25, 0.3) is 22.6 Å². The third-order valence-electron chi connectivity index (χ3n) is 8.19. The number of hydrogen-bond acceptors (Lipinski definition) is 5. The quantitative estimate of drug-likeness (QED) is 0.323. The lowest BCUT2D eigenvalue weighted by Crippen LogP contribution is -2.44. The van der Waals surface area contributed by atoms with E-state index in [1.165, 1.54) is 6.42 Å². The summed E-state index contributed by atoms with van der Waals surface area (Å²) in [7, 11) is 0. The Balaban J connectivity index is 1.44. The van der Waals surface area contributed by atoms with E-state index in [-0.39, 0.29) is 11.1 Å². The number of nitrogens with one attached hydrogen (secondary N) is 1. The van der Waals surface area contributed by atoms with E-state index >= 15 is 0 Å². The summed E-state index contributed by atoms with van der Waals surface area (Å²) in [5.74, 6) is 0.538. The highest BCUT2D eigenvalue weighted by atomic mass is 16.1. The van der Waals surface area contributed by atoms with E-state index in [9.17, 15) is 4.79 Å². The Morgan fingerprint density at radius 2 is 1.89 bits per heavy atom. The van der Waals surface area contributed by atoms with Crippen molar-refractivity contribution in [1.82, 2.24) is 34.7 Å². The van der Waals surface area contributed by atoms with Crippen LogP contribution in [0, 0.1) is 5.41 Å². The van der Waals surface area contributed by atoms with Crippen molar-refractivity contribution in [2.45, 2.75) is 78.3 Å². The Morgan fingerprint density at radius 1 is 1.08 bits per heavy atom. The van der Waals surface area contributed by atoms with Gasteiger partial charge < -0.3 is 0 Å². The van der Waals surface area contributed by atoms with Crippen LogP contribution in [0.4, 0.5) is 0 Å². The van der Waals surface area contributed by atoms with Gasteiger partial charge in [-0.1, -0.05) is 57.5 Å². The van der Waals surface area contributed by atoms with E-state index in [0.29, 0.717) is 18.4 Å². The molecule has 0 spiro atoms. The van der Waals surface area contributed by atoms with Crippen molar-refractivity contribution in [2.24, 2.45) is 5.41 Å². The molecule has 3 aromatic heterocycles. The molecule has 4 aromatic rings. The number of aromatic amines is 1. The van der Waals surface area contributed by atoms with Crippen LogP contribution in [0.15, 0.2) is 53.6 Å². The van der Waals surface area contributed by atoms with E-state index < -0.39 is 0 Å². The van der Waals surface area contributed by atoms with Gasteiger partial charge in [0, 0.05) is 35.3 Å². The van der Waals surface area contributed by atoms with Crippen LogP contribution in [0.1, 0.15) is 76.6 Å². The number of hydrogen-bond donors (Lipinski definition) is 1. The zero-order chi connectivity index (χ0) is 25.1. The zero-order valence-corrected chi connectivity index (χ0v) is 21.4. The second-order valence-electron chi connectivity index (χ2n) is 9.96. The molecule has 0 radical (unpaired) electrons. The minimum atomic E-state index is 0.114. The second-order valence-corrected chi connectivity index (χ2v) is 9.96. The van der Waals surface area contributed by atoms with Gasteiger partial charge in [-0.25, -0.2) is 4.79 Å². The van der Waals surface area contributed by atoms with E-state index in [2.05, 4.69) is 53.7 Å². The van der Waals surface area contributed by atoms with E-state index in [0.717, 1.165) is 66.6 Å². The second kappa shape index (κ2) is 10.2. The van der Waals surface area contributed by atoms with Crippen LogP contribution in [0.2, 0.25) is 0 Å². The average Bonchev–Trinajstić information content (AvgIpc) is 3.53. The Labute approximate surface area is 211 Å². The first kappa shape index (κ1) is 24.2. The minimum absolute atomic E-state index is 0.114. The minimum Gasteiger partial charge on any atom is -0.295 e. The van der Waals surface area contributed by atoms with Gasteiger partial charge in [0.1, 0.15) is 0 Å². The van der Waals surface area contributed by atoms with Gasteiger partial charge >= 0.3 is 5.69 Å². The molecule has 1 aliphatic carbocycles. The molecule has 188 valence electrons. The number of pyridine rings is 1. The van der Waals surface area contributed by atoms with Gasteiger partial charge in [-0.3, -0.25) is 14.1 Å². The van der Waals surface area contributed by atoms with Crippen molar-refractivity contribution in [1.29, 1.82) is 0 Å². The summed E-state index contributed by atoms with van der Waals surface area (Å²) in [5, 5.41) is 14.4. The van der Waals surface area contributed by atoms with Crippen molar-refractivity contribution >= 4 is 0 Å². The van der Waals surface area contributed by atoms with Crippen LogP contribution in [-0.4, -0.2) is 34.7 Å². The molecular formula is C28H35N7O. The number of H-pyrrole nitrogens is 1. The Kier molecular flexibility index (Phi) is 6.85. The summed E-state index contributed by atoms with van der Waals surface area (Å²) in [4.78, 5) is 18.4. The van der Waals surface area contributed by atoms with E-state index in [1.54, 1.807) is 0 Å². The average molecular weight is 486 g/mol. The number of unbranched alkanes of at least 4 members (excludes halogenated alkanes) is 1. The Hall–Kier alpha value is -3.55. The van der Waals surface area contributed by atoms with Gasteiger partial charge in [0.15, 0.2) is 0 Å². The number of aromatic nitrogens is 7. The molecule has 1 aliphatic rings. The molecule has 0 saturated heterocycles. The number of rotatable bonds is 10. The molecule has 0 amide bonds. The van der Waals surface area contributed by atoms with Crippen molar-refractivity contribution < 1.29 is 0 Å². The predicted molar refractivity (Wildman–Crippen MR) is 141 cm³/mol. The first-order valence-electron chi connectivity index (χ1n) is 13.2. The molecule has 1 atom stereocenters. The van der Waals surface area contributed by atoms with Crippen LogP contribution in [0.3, 0.4) is 0 Å². The van der Waals surface area contributed by atoms with Gasteiger partial charge in [0.2, 0.25) is 5.82 Å². The molecule has 1 fully saturated rings. The zero-order valence-electron chi connectivity index (χ0n) is 21.4. The highest BCUT2D eigenvalue weighted by molar-refractivity contribution is 5.78. The third kappa shape index (κ3) is 4.29. The lowest BCUT2D eigenvalue weighted by molar-refractivity contribution is 0.0281. The molecule has 36 heavy (non-hydrogen) atoms. The fourth-order valence-electron chi connectivity index (χ4n) is 5.73. The number of benzene rings is 1. The highest BCUT2D eigenvalue weighted by Gasteiger charge is 2.45. The third-order valence-corrected chi connectivity index (χ3v) is 8.19. The lowest BCUT2D eigenvalue weighted by Gasteiger charge is -2.49. The number of imidazole rings is 1. The molecule has 1 saturated carbocycles. The molecule has 0 bridgehead atoms. The fourth-order valence-corrected chi connectivity index (χ4v) is 5.73. The van der Waals surface area contributed by atoms with Gasteiger partial charge in [-0.15, -0.1) is 10.2 Å². The molecular weight excluding hydrogens is 450 g/mol. The lowest BCUT2D eigenvalue weighted by atomic mass is 9.61. The summed E-state index contributed by atoms with van der Waals surface area (Å²) >= 11 is 0. The number of tetrazole rings is 1. The smallest absolute Gasteiger partial charge is 0.295 e. The van der Waals surface area contributed by atoms with Crippen molar-refractivity contribution in [3.63, 3.8) is 0 Å². The molecule has 0 aliphatic heterocycles. The summed E-state index contributed by atoms with van der Waals surface area (Å²) in [6.45, 7) is 7.25. The Morgan fingerprint density at radius 3 is 2.50 bits per heavy atom. The highest BCUT2D eigenvalue weighted by Crippen LogP contribution is 2.54. The van der Waals surface area contributed by atoms with Crippen LogP contribution in [-0.2, 0) is 13.0 Å². The molecule has 1 unspecified atom stereocenters. The largest absolute Gasteiger partial charge is 0.328 e. The SMILES string of the molecule is CCCCc1cn(C2CCC2(CC)CC)c(=O)n1Cc1ccc(-c2ccccc2-c2nn[nH]n2)nc1. The van der Waals surface area contributed by atoms with Crippen LogP contribution >= 0.6 is 0 Å². The fraction of sp³-hybridized carbons (Fsp3) is 0.464. The maximum atomic E-state index is 13.7. The van der Waals surface area contributed by atoms with E-state index in [4.69, 9.17) is 4.98 Å². The van der Waals surface area contributed by atoms with Crippen molar-refractivity contribution in [2.75, 3.05) is 0 Å². The normalized spacial score (nSPS) is 16.7. The Bertz CT molecular complexity index is 1340. The molecule has 1 aromatic carbocycles. The van der Waals surface area contributed by atoms with Crippen LogP contribution < -0.4 is 5.69 Å². The molecule has 8 heteroatoms. The molecule has 1 N–H and O–H groups in total. The molecule has 8 nitrogen and oxygen atoms in total. The maximum Gasteiger partial charge on any atom is 0.328 e.